The monoisotopic (exact) mass is 509 g/mol. The molecule has 0 saturated heterocycles. The van der Waals surface area contributed by atoms with Crippen molar-refractivity contribution in [2.75, 3.05) is 5.32 Å². The number of carbonyl (C=O) groups is 2. The maximum absolute atomic E-state index is 12.9. The van der Waals surface area contributed by atoms with Crippen molar-refractivity contribution in [2.45, 2.75) is 30.8 Å². The number of benzene rings is 2. The van der Waals surface area contributed by atoms with E-state index in [0.29, 0.717) is 16.1 Å². The number of amides is 1. The highest BCUT2D eigenvalue weighted by Gasteiger charge is 2.43. The van der Waals surface area contributed by atoms with Crippen LogP contribution in [0.4, 0.5) is 5.69 Å². The van der Waals surface area contributed by atoms with Gasteiger partial charge in [0.05, 0.1) is 11.4 Å². The van der Waals surface area contributed by atoms with Crippen LogP contribution in [0, 0.1) is 0 Å². The van der Waals surface area contributed by atoms with E-state index in [1.165, 1.54) is 11.3 Å². The first-order chi connectivity index (χ1) is 16.7. The molecule has 0 bridgehead atoms. The Morgan fingerprint density at radius 2 is 1.86 bits per heavy atom. The van der Waals surface area contributed by atoms with Crippen molar-refractivity contribution >= 4 is 49.8 Å². The van der Waals surface area contributed by atoms with E-state index in [1.54, 1.807) is 31.2 Å². The van der Waals surface area contributed by atoms with Crippen molar-refractivity contribution in [1.29, 1.82) is 0 Å². The molecule has 0 aliphatic carbocycles. The zero-order valence-corrected chi connectivity index (χ0v) is 20.7. The molecule has 1 unspecified atom stereocenters. The van der Waals surface area contributed by atoms with E-state index in [0.717, 1.165) is 25.6 Å². The number of fused-ring (bicyclic) bond motifs is 2. The third-order valence-corrected chi connectivity index (χ3v) is 9.47. The summed E-state index contributed by atoms with van der Waals surface area (Å²) in [5, 5.41) is 13.3. The van der Waals surface area contributed by atoms with Crippen molar-refractivity contribution in [3.8, 4) is 10.4 Å². The van der Waals surface area contributed by atoms with Crippen molar-refractivity contribution in [3.63, 3.8) is 0 Å². The molecular weight excluding hydrogens is 486 g/mol. The third kappa shape index (κ3) is 4.03. The van der Waals surface area contributed by atoms with Gasteiger partial charge in [0.15, 0.2) is 0 Å². The Kier molecular flexibility index (Phi) is 5.74. The molecule has 180 valence electrons. The van der Waals surface area contributed by atoms with Crippen LogP contribution in [0.5, 0.6) is 0 Å². The summed E-state index contributed by atoms with van der Waals surface area (Å²) in [7, 11) is -1.90. The topological polar surface area (TPSA) is 109 Å². The molecule has 1 amide bonds. The summed E-state index contributed by atoms with van der Waals surface area (Å²) in [5.41, 5.74) is 3.05. The van der Waals surface area contributed by atoms with Gasteiger partial charge in [-0.05, 0) is 54.4 Å². The van der Waals surface area contributed by atoms with Crippen molar-refractivity contribution < 1.29 is 23.1 Å². The molecule has 1 aliphatic heterocycles. The van der Waals surface area contributed by atoms with Gasteiger partial charge in [-0.25, -0.2) is 8.42 Å². The second-order valence-electron chi connectivity index (χ2n) is 8.44. The molecule has 3 heterocycles. The number of aromatic nitrogens is 1. The van der Waals surface area contributed by atoms with Crippen LogP contribution in [0.2, 0.25) is 0 Å². The molecule has 0 fully saturated rings. The van der Waals surface area contributed by atoms with E-state index >= 15 is 0 Å². The number of carboxylic acids is 1. The molecular formula is C25H23N3O5S2. The first kappa shape index (κ1) is 23.3. The number of hydrogen-bond donors (Lipinski definition) is 2. The highest BCUT2D eigenvalue weighted by atomic mass is 32.2. The average Bonchev–Trinajstić information content (AvgIpc) is 3.49. The maximum Gasteiger partial charge on any atom is 0.322 e. The van der Waals surface area contributed by atoms with Gasteiger partial charge in [0.2, 0.25) is 10.0 Å². The predicted molar refractivity (Wildman–Crippen MR) is 135 cm³/mol. The van der Waals surface area contributed by atoms with Gasteiger partial charge in [-0.15, -0.1) is 11.3 Å². The van der Waals surface area contributed by atoms with Crippen LogP contribution in [-0.2, 0) is 28.4 Å². The molecule has 1 atom stereocenters. The average molecular weight is 510 g/mol. The lowest BCUT2D eigenvalue weighted by Gasteiger charge is -2.21. The Labute approximate surface area is 206 Å². The zero-order valence-electron chi connectivity index (χ0n) is 19.1. The van der Waals surface area contributed by atoms with Gasteiger partial charge in [-0.1, -0.05) is 19.1 Å². The Balaban J connectivity index is 1.33. The molecule has 2 N–H and O–H groups in total. The SMILES string of the molecule is CCC(C(=O)O)N1Cc2sc(-c3ccc(NC(=O)c4ccc5c(ccn5C)c4)cc3)cc2S1(=O)=O. The number of hydrogen-bond acceptors (Lipinski definition) is 5. The van der Waals surface area contributed by atoms with E-state index < -0.39 is 22.0 Å². The molecule has 0 spiro atoms. The number of nitrogens with zero attached hydrogens (tertiary/aromatic N) is 2. The van der Waals surface area contributed by atoms with E-state index in [1.807, 2.05) is 48.1 Å². The summed E-state index contributed by atoms with van der Waals surface area (Å²) in [4.78, 5) is 25.8. The van der Waals surface area contributed by atoms with E-state index in [9.17, 15) is 23.1 Å². The number of rotatable bonds is 6. The predicted octanol–water partition coefficient (Wildman–Crippen LogP) is 4.53. The van der Waals surface area contributed by atoms with Crippen molar-refractivity contribution in [1.82, 2.24) is 8.87 Å². The van der Waals surface area contributed by atoms with Crippen LogP contribution in [0.1, 0.15) is 28.6 Å². The molecule has 5 rings (SSSR count). The smallest absolute Gasteiger partial charge is 0.322 e. The summed E-state index contributed by atoms with van der Waals surface area (Å²) >= 11 is 1.34. The fourth-order valence-corrected chi connectivity index (χ4v) is 7.76. The van der Waals surface area contributed by atoms with E-state index in [-0.39, 0.29) is 23.8 Å². The fourth-order valence-electron chi connectivity index (χ4n) is 4.36. The molecule has 35 heavy (non-hydrogen) atoms. The Morgan fingerprint density at radius 1 is 1.11 bits per heavy atom. The summed E-state index contributed by atoms with van der Waals surface area (Å²) in [5.74, 6) is -1.36. The van der Waals surface area contributed by atoms with E-state index in [4.69, 9.17) is 0 Å². The highest BCUT2D eigenvalue weighted by Crippen LogP contribution is 2.42. The minimum absolute atomic E-state index is 0.0625. The normalized spacial score (nSPS) is 15.7. The lowest BCUT2D eigenvalue weighted by atomic mass is 10.1. The quantitative estimate of drug-likeness (QED) is 0.397. The number of sulfonamides is 1. The summed E-state index contributed by atoms with van der Waals surface area (Å²) in [6, 6.07) is 15.2. The lowest BCUT2D eigenvalue weighted by molar-refractivity contribution is -0.141. The first-order valence-electron chi connectivity index (χ1n) is 11.0. The lowest BCUT2D eigenvalue weighted by Crippen LogP contribution is -2.40. The van der Waals surface area contributed by atoms with Gasteiger partial charge in [0, 0.05) is 45.2 Å². The van der Waals surface area contributed by atoms with Gasteiger partial charge in [0.25, 0.3) is 5.91 Å². The number of thiophene rings is 1. The molecule has 2 aromatic carbocycles. The fraction of sp³-hybridized carbons (Fsp3) is 0.200. The molecule has 0 saturated carbocycles. The molecule has 0 radical (unpaired) electrons. The summed E-state index contributed by atoms with van der Waals surface area (Å²) in [6.07, 6.45) is 2.14. The van der Waals surface area contributed by atoms with Gasteiger partial charge in [-0.3, -0.25) is 9.59 Å². The second kappa shape index (κ2) is 8.63. The van der Waals surface area contributed by atoms with E-state index in [2.05, 4.69) is 5.32 Å². The number of anilines is 1. The van der Waals surface area contributed by atoms with Crippen LogP contribution < -0.4 is 5.32 Å². The number of carboxylic acid groups (broad SMARTS) is 1. The third-order valence-electron chi connectivity index (χ3n) is 6.25. The van der Waals surface area contributed by atoms with Crippen LogP contribution >= 0.6 is 11.3 Å². The first-order valence-corrected chi connectivity index (χ1v) is 13.3. The zero-order chi connectivity index (χ0) is 24.9. The van der Waals surface area contributed by atoms with Crippen LogP contribution in [0.3, 0.4) is 0 Å². The summed E-state index contributed by atoms with van der Waals surface area (Å²) in [6.45, 7) is 1.72. The Bertz CT molecular complexity index is 1570. The molecule has 1 aliphatic rings. The maximum atomic E-state index is 12.9. The van der Waals surface area contributed by atoms with Crippen LogP contribution in [0.15, 0.2) is 65.7 Å². The van der Waals surface area contributed by atoms with Crippen molar-refractivity contribution in [2.24, 2.45) is 7.05 Å². The van der Waals surface area contributed by atoms with Crippen molar-refractivity contribution in [3.05, 3.63) is 71.2 Å². The summed E-state index contributed by atoms with van der Waals surface area (Å²) < 4.78 is 28.9. The Morgan fingerprint density at radius 3 is 2.51 bits per heavy atom. The van der Waals surface area contributed by atoms with Gasteiger partial charge in [-0.2, -0.15) is 4.31 Å². The standard InChI is InChI=1S/C25H23N3O5S2/c1-3-19(25(30)31)28-14-22-23(35(28,32)33)13-21(34-22)15-4-7-18(8-5-15)26-24(29)17-6-9-20-16(12-17)10-11-27(20)2/h4-13,19H,3,14H2,1-2H3,(H,26,29)(H,30,31). The molecule has 4 aromatic rings. The second-order valence-corrected chi connectivity index (χ2v) is 11.4. The number of aryl methyl sites for hydroxylation is 1. The number of aliphatic carboxylic acids is 1. The molecule has 2 aromatic heterocycles. The number of carbonyl (C=O) groups excluding carboxylic acids is 1. The Hall–Kier alpha value is -3.47. The van der Waals surface area contributed by atoms with Gasteiger partial charge in [0.1, 0.15) is 6.04 Å². The minimum Gasteiger partial charge on any atom is -0.480 e. The van der Waals surface area contributed by atoms with Gasteiger partial charge < -0.3 is 15.0 Å². The largest absolute Gasteiger partial charge is 0.480 e. The van der Waals surface area contributed by atoms with Crippen LogP contribution in [-0.4, -0.2) is 40.3 Å². The molecule has 10 heteroatoms. The van der Waals surface area contributed by atoms with Gasteiger partial charge >= 0.3 is 5.97 Å². The molecule has 8 nitrogen and oxygen atoms in total. The van der Waals surface area contributed by atoms with Crippen LogP contribution in [0.25, 0.3) is 21.3 Å². The number of nitrogens with one attached hydrogen (secondary N) is 1. The highest BCUT2D eigenvalue weighted by molar-refractivity contribution is 7.89. The minimum atomic E-state index is -3.85.